The van der Waals surface area contributed by atoms with Crippen molar-refractivity contribution in [3.63, 3.8) is 0 Å². The van der Waals surface area contributed by atoms with E-state index in [4.69, 9.17) is 5.11 Å². The molecule has 13 heavy (non-hydrogen) atoms. The minimum absolute atomic E-state index is 0.349. The topological polar surface area (TPSA) is 70.0 Å². The normalized spacial score (nSPS) is 21.2. The first-order chi connectivity index (χ1) is 6.15. The maximum atomic E-state index is 12.9. The molecule has 0 radical (unpaired) electrons. The molecular weight excluding hydrogens is 179 g/mol. The van der Waals surface area contributed by atoms with Crippen LogP contribution in [0.2, 0.25) is 0 Å². The second-order valence-corrected chi connectivity index (χ2v) is 3.11. The lowest BCUT2D eigenvalue weighted by molar-refractivity contribution is -0.145. The van der Waals surface area contributed by atoms with E-state index < -0.39 is 18.1 Å². The summed E-state index contributed by atoms with van der Waals surface area (Å²) in [5.74, 6) is -1.90. The van der Waals surface area contributed by atoms with Crippen LogP contribution in [0.3, 0.4) is 0 Å². The van der Waals surface area contributed by atoms with Crippen molar-refractivity contribution in [1.29, 1.82) is 0 Å². The van der Waals surface area contributed by atoms with Gasteiger partial charge in [-0.2, -0.15) is 0 Å². The quantitative estimate of drug-likeness (QED) is 0.668. The van der Waals surface area contributed by atoms with Gasteiger partial charge in [0.05, 0.1) is 5.29 Å². The fraction of sp³-hybridized carbons (Fsp3) is 0.857. The van der Waals surface area contributed by atoms with E-state index in [2.05, 4.69) is 5.29 Å². The number of hydrogen-bond donors (Lipinski definition) is 1. The van der Waals surface area contributed by atoms with Gasteiger partial charge < -0.3 is 5.11 Å². The fourth-order valence-corrected chi connectivity index (χ4v) is 1.46. The van der Waals surface area contributed by atoms with Crippen molar-refractivity contribution in [1.82, 2.24) is 5.01 Å². The molecule has 1 rings (SSSR count). The molecule has 1 heterocycles. The number of nitroso groups, excluding NO2 is 1. The zero-order valence-corrected chi connectivity index (χ0v) is 7.02. The van der Waals surface area contributed by atoms with Crippen molar-refractivity contribution >= 4 is 5.97 Å². The second-order valence-electron chi connectivity index (χ2n) is 3.11. The molecule has 1 atom stereocenters. The van der Waals surface area contributed by atoms with Gasteiger partial charge in [-0.3, -0.25) is 5.01 Å². The maximum absolute atomic E-state index is 12.9. The van der Waals surface area contributed by atoms with Crippen LogP contribution < -0.4 is 0 Å². The second kappa shape index (κ2) is 4.15. The van der Waals surface area contributed by atoms with Crippen LogP contribution in [0.15, 0.2) is 5.29 Å². The molecule has 1 unspecified atom stereocenters. The predicted molar refractivity (Wildman–Crippen MR) is 42.6 cm³/mol. The van der Waals surface area contributed by atoms with Crippen LogP contribution in [0.1, 0.15) is 12.8 Å². The third-order valence-corrected chi connectivity index (χ3v) is 2.28. The van der Waals surface area contributed by atoms with Crippen LogP contribution in [0.25, 0.3) is 0 Å². The van der Waals surface area contributed by atoms with E-state index in [0.29, 0.717) is 25.9 Å². The lowest BCUT2D eigenvalue weighted by Gasteiger charge is -2.27. The van der Waals surface area contributed by atoms with Crippen molar-refractivity contribution in [3.8, 4) is 0 Å². The molecule has 0 spiro atoms. The first-order valence-electron chi connectivity index (χ1n) is 4.10. The summed E-state index contributed by atoms with van der Waals surface area (Å²) in [5.41, 5.74) is 0. The number of rotatable bonds is 3. The maximum Gasteiger partial charge on any atom is 0.338 e. The molecule has 1 aliphatic heterocycles. The summed E-state index contributed by atoms with van der Waals surface area (Å²) in [5, 5.41) is 12.4. The number of piperidine rings is 1. The minimum atomic E-state index is -1.81. The molecule has 6 heteroatoms. The Kier molecular flexibility index (Phi) is 3.16. The molecule has 1 N–H and O–H groups in total. The molecule has 5 nitrogen and oxygen atoms in total. The van der Waals surface area contributed by atoms with Gasteiger partial charge in [0, 0.05) is 19.0 Å². The van der Waals surface area contributed by atoms with Gasteiger partial charge >= 0.3 is 5.97 Å². The number of halogens is 1. The van der Waals surface area contributed by atoms with E-state index in [0.717, 1.165) is 0 Å². The van der Waals surface area contributed by atoms with Crippen LogP contribution in [0.4, 0.5) is 4.39 Å². The van der Waals surface area contributed by atoms with Crippen LogP contribution in [-0.4, -0.2) is 35.3 Å². The highest BCUT2D eigenvalue weighted by Gasteiger charge is 2.31. The third-order valence-electron chi connectivity index (χ3n) is 2.28. The Morgan fingerprint density at radius 3 is 2.46 bits per heavy atom. The van der Waals surface area contributed by atoms with Gasteiger partial charge in [0.15, 0.2) is 6.17 Å². The Morgan fingerprint density at radius 1 is 1.54 bits per heavy atom. The van der Waals surface area contributed by atoms with E-state index in [1.807, 2.05) is 0 Å². The summed E-state index contributed by atoms with van der Waals surface area (Å²) in [6.07, 6.45) is -1.06. The van der Waals surface area contributed by atoms with E-state index in [1.54, 1.807) is 0 Å². The summed E-state index contributed by atoms with van der Waals surface area (Å²) >= 11 is 0. The Labute approximate surface area is 74.5 Å². The number of aliphatic carboxylic acids is 1. The molecule has 74 valence electrons. The van der Waals surface area contributed by atoms with Gasteiger partial charge in [-0.1, -0.05) is 0 Å². The standard InChI is InChI=1S/C7H11FN2O3/c8-6(7(11)12)5-1-3-10(9-13)4-2-5/h5-6H,1-4H2,(H,11,12). The summed E-state index contributed by atoms with van der Waals surface area (Å²) in [4.78, 5) is 20.3. The van der Waals surface area contributed by atoms with Crippen LogP contribution in [0, 0.1) is 10.8 Å². The zero-order chi connectivity index (χ0) is 9.84. The predicted octanol–water partition coefficient (Wildman–Crippen LogP) is 0.802. The Morgan fingerprint density at radius 2 is 2.08 bits per heavy atom. The lowest BCUT2D eigenvalue weighted by Crippen LogP contribution is -2.36. The van der Waals surface area contributed by atoms with Gasteiger partial charge in [-0.25, -0.2) is 9.18 Å². The third kappa shape index (κ3) is 2.37. The number of alkyl halides is 1. The van der Waals surface area contributed by atoms with Crippen LogP contribution >= 0.6 is 0 Å². The lowest BCUT2D eigenvalue weighted by atomic mass is 9.93. The number of carboxylic acids is 1. The molecule has 0 aliphatic carbocycles. The molecule has 0 bridgehead atoms. The van der Waals surface area contributed by atoms with Crippen molar-refractivity contribution in [2.75, 3.05) is 13.1 Å². The minimum Gasteiger partial charge on any atom is -0.479 e. The first kappa shape index (κ1) is 9.88. The van der Waals surface area contributed by atoms with E-state index in [1.165, 1.54) is 5.01 Å². The SMILES string of the molecule is O=NN1CCC(C(F)C(=O)O)CC1. The van der Waals surface area contributed by atoms with Crippen LogP contribution in [0.5, 0.6) is 0 Å². The average Bonchev–Trinajstić information content (AvgIpc) is 2.17. The van der Waals surface area contributed by atoms with Gasteiger partial charge in [0.1, 0.15) is 0 Å². The molecule has 1 saturated heterocycles. The Hall–Kier alpha value is -1.20. The van der Waals surface area contributed by atoms with Crippen LogP contribution in [-0.2, 0) is 4.79 Å². The zero-order valence-electron chi connectivity index (χ0n) is 7.02. The molecule has 0 amide bonds. The highest BCUT2D eigenvalue weighted by molar-refractivity contribution is 5.72. The van der Waals surface area contributed by atoms with Gasteiger partial charge in [0.2, 0.25) is 0 Å². The average molecular weight is 190 g/mol. The molecule has 1 aliphatic rings. The highest BCUT2D eigenvalue weighted by atomic mass is 19.1. The van der Waals surface area contributed by atoms with Crippen molar-refractivity contribution < 1.29 is 14.3 Å². The van der Waals surface area contributed by atoms with Gasteiger partial charge in [0.25, 0.3) is 0 Å². The Bertz CT molecular complexity index is 204. The highest BCUT2D eigenvalue weighted by Crippen LogP contribution is 2.22. The number of nitrogens with zero attached hydrogens (tertiary/aromatic N) is 2. The van der Waals surface area contributed by atoms with Crippen molar-refractivity contribution in [2.45, 2.75) is 19.0 Å². The summed E-state index contributed by atoms with van der Waals surface area (Å²) < 4.78 is 12.9. The summed E-state index contributed by atoms with van der Waals surface area (Å²) in [7, 11) is 0. The van der Waals surface area contributed by atoms with Gasteiger partial charge in [-0.05, 0) is 12.8 Å². The van der Waals surface area contributed by atoms with E-state index in [-0.39, 0.29) is 0 Å². The molecule has 0 aromatic heterocycles. The molecule has 0 saturated carbocycles. The molecular formula is C7H11FN2O3. The van der Waals surface area contributed by atoms with Gasteiger partial charge in [-0.15, -0.1) is 4.91 Å². The first-order valence-corrected chi connectivity index (χ1v) is 4.10. The molecule has 0 aromatic rings. The van der Waals surface area contributed by atoms with E-state index >= 15 is 0 Å². The number of carboxylic acid groups (broad SMARTS) is 1. The Balaban J connectivity index is 2.40. The van der Waals surface area contributed by atoms with E-state index in [9.17, 15) is 14.1 Å². The smallest absolute Gasteiger partial charge is 0.338 e. The largest absolute Gasteiger partial charge is 0.479 e. The monoisotopic (exact) mass is 190 g/mol. The molecule has 0 aromatic carbocycles. The number of hydrogen-bond acceptors (Lipinski definition) is 3. The van der Waals surface area contributed by atoms with Crippen molar-refractivity contribution in [2.24, 2.45) is 11.2 Å². The van der Waals surface area contributed by atoms with Crippen molar-refractivity contribution in [3.05, 3.63) is 4.91 Å². The number of carbonyl (C=O) groups is 1. The summed E-state index contributed by atoms with van der Waals surface area (Å²) in [6, 6.07) is 0. The summed E-state index contributed by atoms with van der Waals surface area (Å²) in [6.45, 7) is 0.698. The molecule has 1 fully saturated rings. The fourth-order valence-electron chi connectivity index (χ4n) is 1.46.